The largest absolute Gasteiger partial charge is 0.381 e. The van der Waals surface area contributed by atoms with Crippen molar-refractivity contribution in [1.29, 1.82) is 0 Å². The molecule has 4 nitrogen and oxygen atoms in total. The molecule has 1 aromatic carbocycles. The summed E-state index contributed by atoms with van der Waals surface area (Å²) in [5.74, 6) is 1.37. The summed E-state index contributed by atoms with van der Waals surface area (Å²) in [7, 11) is 0. The second kappa shape index (κ2) is 5.48. The minimum absolute atomic E-state index is 0.216. The average molecular weight is 262 g/mol. The number of nitrogens with zero attached hydrogens (tertiary/aromatic N) is 2. The number of rotatable bonds is 4. The highest BCUT2D eigenvalue weighted by molar-refractivity contribution is 5.17. The summed E-state index contributed by atoms with van der Waals surface area (Å²) >= 11 is 0. The van der Waals surface area contributed by atoms with Crippen LogP contribution in [-0.2, 0) is 17.6 Å². The third kappa shape index (κ3) is 2.98. The van der Waals surface area contributed by atoms with Crippen LogP contribution < -0.4 is 0 Å². The molecule has 1 aromatic heterocycles. The molecule has 1 atom stereocenters. The van der Waals surface area contributed by atoms with Gasteiger partial charge in [-0.25, -0.2) is 4.39 Å². The van der Waals surface area contributed by atoms with Crippen LogP contribution in [0.1, 0.15) is 29.6 Å². The van der Waals surface area contributed by atoms with Gasteiger partial charge < -0.3 is 9.26 Å². The van der Waals surface area contributed by atoms with Gasteiger partial charge in [-0.1, -0.05) is 17.3 Å². The monoisotopic (exact) mass is 262 g/mol. The summed E-state index contributed by atoms with van der Waals surface area (Å²) in [5.41, 5.74) is 0.934. The normalized spacial score (nSPS) is 18.9. The van der Waals surface area contributed by atoms with E-state index < -0.39 is 0 Å². The molecular weight excluding hydrogens is 247 g/mol. The number of aryl methyl sites for hydroxylation is 2. The second-order valence-corrected chi connectivity index (χ2v) is 4.74. The highest BCUT2D eigenvalue weighted by Crippen LogP contribution is 2.22. The van der Waals surface area contributed by atoms with Crippen molar-refractivity contribution in [3.8, 4) is 0 Å². The molecule has 0 amide bonds. The highest BCUT2D eigenvalue weighted by Gasteiger charge is 2.22. The van der Waals surface area contributed by atoms with Crippen LogP contribution >= 0.6 is 0 Å². The number of hydrogen-bond donors (Lipinski definition) is 0. The van der Waals surface area contributed by atoms with Gasteiger partial charge in [-0.05, 0) is 30.5 Å². The zero-order valence-electron chi connectivity index (χ0n) is 10.5. The fourth-order valence-corrected chi connectivity index (χ4v) is 2.22. The molecule has 100 valence electrons. The topological polar surface area (TPSA) is 48.2 Å². The van der Waals surface area contributed by atoms with E-state index in [1.165, 1.54) is 12.1 Å². The predicted molar refractivity (Wildman–Crippen MR) is 66.3 cm³/mol. The van der Waals surface area contributed by atoms with Gasteiger partial charge in [0.15, 0.2) is 5.82 Å². The number of halogens is 1. The third-order valence-electron chi connectivity index (χ3n) is 3.30. The van der Waals surface area contributed by atoms with Crippen LogP contribution in [0.5, 0.6) is 0 Å². The van der Waals surface area contributed by atoms with E-state index in [4.69, 9.17) is 9.26 Å². The maximum atomic E-state index is 13.0. The fourth-order valence-electron chi connectivity index (χ4n) is 2.22. The molecular formula is C14H15FN2O2. The maximum Gasteiger partial charge on any atom is 0.226 e. The van der Waals surface area contributed by atoms with Crippen molar-refractivity contribution in [2.75, 3.05) is 13.2 Å². The Labute approximate surface area is 110 Å². The first-order chi connectivity index (χ1) is 9.31. The maximum absolute atomic E-state index is 13.0. The molecule has 5 heteroatoms. The molecule has 0 N–H and O–H groups in total. The SMILES string of the molecule is Fc1cccc(CCc2nc([C@@H]3CCOC3)no2)c1. The fraction of sp³-hybridized carbons (Fsp3) is 0.429. The molecule has 0 radical (unpaired) electrons. The van der Waals surface area contributed by atoms with E-state index in [0.717, 1.165) is 24.4 Å². The van der Waals surface area contributed by atoms with Gasteiger partial charge >= 0.3 is 0 Å². The minimum atomic E-state index is -0.216. The quantitative estimate of drug-likeness (QED) is 0.849. The molecule has 1 aliphatic rings. The Balaban J connectivity index is 1.61. The summed E-state index contributed by atoms with van der Waals surface area (Å²) in [6.07, 6.45) is 2.27. The van der Waals surface area contributed by atoms with Crippen molar-refractivity contribution >= 4 is 0 Å². The molecule has 0 spiro atoms. The molecule has 2 heterocycles. The van der Waals surface area contributed by atoms with Gasteiger partial charge in [0.05, 0.1) is 6.61 Å². The van der Waals surface area contributed by atoms with Crippen molar-refractivity contribution < 1.29 is 13.7 Å². The number of ether oxygens (including phenoxy) is 1. The summed E-state index contributed by atoms with van der Waals surface area (Å²) in [6.45, 7) is 1.43. The third-order valence-corrected chi connectivity index (χ3v) is 3.30. The Kier molecular flexibility index (Phi) is 3.55. The van der Waals surface area contributed by atoms with Crippen LogP contribution in [-0.4, -0.2) is 23.4 Å². The molecule has 0 aliphatic carbocycles. The first kappa shape index (κ1) is 12.3. The molecule has 0 saturated carbocycles. The number of benzene rings is 1. The van der Waals surface area contributed by atoms with Crippen LogP contribution in [0, 0.1) is 5.82 Å². The predicted octanol–water partition coefficient (Wildman–Crippen LogP) is 2.50. The molecule has 1 fully saturated rings. The number of aromatic nitrogens is 2. The highest BCUT2D eigenvalue weighted by atomic mass is 19.1. The lowest BCUT2D eigenvalue weighted by Gasteiger charge is -1.99. The first-order valence-electron chi connectivity index (χ1n) is 6.46. The van der Waals surface area contributed by atoms with Crippen LogP contribution in [0.2, 0.25) is 0 Å². The molecule has 0 bridgehead atoms. The average Bonchev–Trinajstić information content (AvgIpc) is 3.07. The Bertz CT molecular complexity index is 550. The van der Waals surface area contributed by atoms with Gasteiger partial charge in [-0.2, -0.15) is 4.98 Å². The lowest BCUT2D eigenvalue weighted by molar-refractivity contribution is 0.192. The van der Waals surface area contributed by atoms with E-state index in [0.29, 0.717) is 25.3 Å². The van der Waals surface area contributed by atoms with Crippen molar-refractivity contribution in [1.82, 2.24) is 10.1 Å². The van der Waals surface area contributed by atoms with Crippen LogP contribution in [0.3, 0.4) is 0 Å². The second-order valence-electron chi connectivity index (χ2n) is 4.74. The zero-order valence-corrected chi connectivity index (χ0v) is 10.5. The van der Waals surface area contributed by atoms with Gasteiger partial charge in [0, 0.05) is 18.9 Å². The Morgan fingerprint density at radius 2 is 2.26 bits per heavy atom. The molecule has 1 saturated heterocycles. The summed E-state index contributed by atoms with van der Waals surface area (Å²) in [6, 6.07) is 6.57. The Hall–Kier alpha value is -1.75. The molecule has 1 aliphatic heterocycles. The summed E-state index contributed by atoms with van der Waals surface area (Å²) in [4.78, 5) is 4.38. The van der Waals surface area contributed by atoms with Crippen molar-refractivity contribution in [2.24, 2.45) is 0 Å². The first-order valence-corrected chi connectivity index (χ1v) is 6.46. The van der Waals surface area contributed by atoms with Gasteiger partial charge in [0.1, 0.15) is 5.82 Å². The van der Waals surface area contributed by atoms with E-state index in [1.54, 1.807) is 6.07 Å². The van der Waals surface area contributed by atoms with E-state index in [2.05, 4.69) is 10.1 Å². The molecule has 19 heavy (non-hydrogen) atoms. The smallest absolute Gasteiger partial charge is 0.226 e. The van der Waals surface area contributed by atoms with E-state index in [9.17, 15) is 4.39 Å². The van der Waals surface area contributed by atoms with Crippen LogP contribution in [0.25, 0.3) is 0 Å². The van der Waals surface area contributed by atoms with E-state index >= 15 is 0 Å². The van der Waals surface area contributed by atoms with Gasteiger partial charge in [-0.3, -0.25) is 0 Å². The molecule has 3 rings (SSSR count). The Morgan fingerprint density at radius 1 is 1.32 bits per heavy atom. The lowest BCUT2D eigenvalue weighted by Crippen LogP contribution is -2.00. The lowest BCUT2D eigenvalue weighted by atomic mass is 10.1. The van der Waals surface area contributed by atoms with Crippen molar-refractivity contribution in [2.45, 2.75) is 25.2 Å². The Morgan fingerprint density at radius 3 is 3.05 bits per heavy atom. The van der Waals surface area contributed by atoms with Crippen LogP contribution in [0.15, 0.2) is 28.8 Å². The van der Waals surface area contributed by atoms with Gasteiger partial charge in [0.2, 0.25) is 5.89 Å². The van der Waals surface area contributed by atoms with Crippen LogP contribution in [0.4, 0.5) is 4.39 Å². The number of hydrogen-bond acceptors (Lipinski definition) is 4. The standard InChI is InChI=1S/C14H15FN2O2/c15-12-3-1-2-10(8-12)4-5-13-16-14(17-19-13)11-6-7-18-9-11/h1-3,8,11H,4-7,9H2/t11-/m1/s1. The van der Waals surface area contributed by atoms with Crippen molar-refractivity contribution in [3.05, 3.63) is 47.4 Å². The van der Waals surface area contributed by atoms with E-state index in [-0.39, 0.29) is 11.7 Å². The molecule has 0 unspecified atom stereocenters. The molecule has 2 aromatic rings. The summed E-state index contributed by atoms with van der Waals surface area (Å²) in [5, 5.41) is 3.99. The summed E-state index contributed by atoms with van der Waals surface area (Å²) < 4.78 is 23.6. The van der Waals surface area contributed by atoms with Crippen molar-refractivity contribution in [3.63, 3.8) is 0 Å². The van der Waals surface area contributed by atoms with Gasteiger partial charge in [0.25, 0.3) is 0 Å². The zero-order chi connectivity index (χ0) is 13.1. The van der Waals surface area contributed by atoms with E-state index in [1.807, 2.05) is 6.07 Å². The van der Waals surface area contributed by atoms with Gasteiger partial charge in [-0.15, -0.1) is 0 Å². The minimum Gasteiger partial charge on any atom is -0.381 e.